The summed E-state index contributed by atoms with van der Waals surface area (Å²) in [7, 11) is 1.45. The zero-order valence-corrected chi connectivity index (χ0v) is 16.9. The molecular weight excluding hydrogens is 434 g/mol. The van der Waals surface area contributed by atoms with Gasteiger partial charge in [-0.2, -0.15) is 18.3 Å². The Labute approximate surface area is 158 Å². The van der Waals surface area contributed by atoms with Crippen molar-refractivity contribution < 1.29 is 13.2 Å². The molecule has 0 aromatic carbocycles. The second-order valence-corrected chi connectivity index (χ2v) is 6.25. The lowest BCUT2D eigenvalue weighted by molar-refractivity contribution is -0.142. The molecule has 1 aromatic rings. The van der Waals surface area contributed by atoms with E-state index in [1.807, 2.05) is 6.92 Å². The van der Waals surface area contributed by atoms with Crippen molar-refractivity contribution in [2.45, 2.75) is 58.8 Å². The summed E-state index contributed by atoms with van der Waals surface area (Å²) >= 11 is 0. The van der Waals surface area contributed by atoms with Crippen molar-refractivity contribution in [1.29, 1.82) is 0 Å². The van der Waals surface area contributed by atoms with Crippen molar-refractivity contribution in [2.24, 2.45) is 23.7 Å². The summed E-state index contributed by atoms with van der Waals surface area (Å²) in [6, 6.07) is 0.133. The van der Waals surface area contributed by atoms with Crippen LogP contribution < -0.4 is 11.1 Å². The first-order valence-electron chi connectivity index (χ1n) is 7.75. The molecule has 0 saturated carbocycles. The highest BCUT2D eigenvalue weighted by molar-refractivity contribution is 14.0. The molecule has 1 atom stereocenters. The molecule has 5 nitrogen and oxygen atoms in total. The molecule has 24 heavy (non-hydrogen) atoms. The Morgan fingerprint density at radius 2 is 1.96 bits per heavy atom. The molecule has 0 bridgehead atoms. The summed E-state index contributed by atoms with van der Waals surface area (Å²) in [5, 5.41) is 6.45. The fourth-order valence-electron chi connectivity index (χ4n) is 2.26. The van der Waals surface area contributed by atoms with E-state index in [-0.39, 0.29) is 48.1 Å². The number of nitrogens with two attached hydrogens (primary N) is 1. The Morgan fingerprint density at radius 3 is 2.50 bits per heavy atom. The number of hydrogen-bond donors (Lipinski definition) is 2. The van der Waals surface area contributed by atoms with Gasteiger partial charge in [0.05, 0.1) is 6.54 Å². The Bertz CT molecular complexity index is 526. The third-order valence-corrected chi connectivity index (χ3v) is 3.41. The second-order valence-electron chi connectivity index (χ2n) is 6.25. The first-order chi connectivity index (χ1) is 10.6. The van der Waals surface area contributed by atoms with E-state index in [1.54, 1.807) is 0 Å². The molecule has 0 saturated heterocycles. The molecule has 0 spiro atoms. The molecular formula is C15H27F3IN5. The molecule has 0 amide bonds. The van der Waals surface area contributed by atoms with Crippen molar-refractivity contribution in [2.75, 3.05) is 0 Å². The third-order valence-electron chi connectivity index (χ3n) is 3.41. The van der Waals surface area contributed by atoms with E-state index in [9.17, 15) is 13.2 Å². The van der Waals surface area contributed by atoms with Crippen LogP contribution in [0.4, 0.5) is 13.2 Å². The highest BCUT2D eigenvalue weighted by Crippen LogP contribution is 2.30. The van der Waals surface area contributed by atoms with Gasteiger partial charge in [0.1, 0.15) is 0 Å². The van der Waals surface area contributed by atoms with Gasteiger partial charge in [0.15, 0.2) is 11.7 Å². The van der Waals surface area contributed by atoms with Gasteiger partial charge in [-0.05, 0) is 19.3 Å². The summed E-state index contributed by atoms with van der Waals surface area (Å²) in [6.45, 7) is 6.16. The number of alkyl halides is 3. The fraction of sp³-hybridized carbons (Fsp3) is 0.733. The van der Waals surface area contributed by atoms with Crippen LogP contribution in [0.5, 0.6) is 0 Å². The largest absolute Gasteiger partial charge is 0.435 e. The zero-order valence-electron chi connectivity index (χ0n) is 14.5. The molecule has 3 N–H and O–H groups in total. The van der Waals surface area contributed by atoms with Gasteiger partial charge in [0.25, 0.3) is 0 Å². The van der Waals surface area contributed by atoms with Crippen molar-refractivity contribution in [3.63, 3.8) is 0 Å². The van der Waals surface area contributed by atoms with Gasteiger partial charge in [-0.1, -0.05) is 26.7 Å². The van der Waals surface area contributed by atoms with E-state index in [0.717, 1.165) is 23.9 Å². The highest BCUT2D eigenvalue weighted by Gasteiger charge is 2.36. The Balaban J connectivity index is 0.00000529. The molecule has 1 aromatic heterocycles. The molecule has 0 aliphatic rings. The van der Waals surface area contributed by atoms with Crippen LogP contribution >= 0.6 is 24.0 Å². The average Bonchev–Trinajstić information content (AvgIpc) is 2.77. The van der Waals surface area contributed by atoms with Gasteiger partial charge in [0, 0.05) is 24.8 Å². The lowest BCUT2D eigenvalue weighted by atomic mass is 10.0. The highest BCUT2D eigenvalue weighted by atomic mass is 127. The molecule has 1 heterocycles. The first kappa shape index (κ1) is 23.0. The summed E-state index contributed by atoms with van der Waals surface area (Å²) in [5.41, 5.74) is 4.85. The van der Waals surface area contributed by atoms with Gasteiger partial charge < -0.3 is 11.1 Å². The predicted octanol–water partition coefficient (Wildman–Crippen LogP) is 3.68. The number of aromatic nitrogens is 2. The number of aliphatic imine (C=N–C) groups is 1. The lowest BCUT2D eigenvalue weighted by Crippen LogP contribution is -2.38. The monoisotopic (exact) mass is 461 g/mol. The molecule has 1 rings (SSSR count). The maximum atomic E-state index is 12.8. The standard InChI is InChI=1S/C15H26F3N5.HI/c1-10(2)6-5-7-11(3)21-14(19)20-8-12-9-23(4)22-13(12)15(16,17)18;/h9-11H,5-8H2,1-4H3,(H3,19,20,21);1H. The van der Waals surface area contributed by atoms with E-state index >= 15 is 0 Å². The smallest absolute Gasteiger partial charge is 0.370 e. The van der Waals surface area contributed by atoms with E-state index in [0.29, 0.717) is 5.92 Å². The van der Waals surface area contributed by atoms with Crippen LogP contribution in [0.2, 0.25) is 0 Å². The maximum absolute atomic E-state index is 12.8. The summed E-state index contributed by atoms with van der Waals surface area (Å²) in [5.74, 6) is 0.804. The van der Waals surface area contributed by atoms with Crippen LogP contribution in [0, 0.1) is 5.92 Å². The van der Waals surface area contributed by atoms with Crippen LogP contribution in [0.1, 0.15) is 51.3 Å². The second kappa shape index (κ2) is 10.1. The Hall–Kier alpha value is -1.00. The van der Waals surface area contributed by atoms with Crippen molar-refractivity contribution in [1.82, 2.24) is 15.1 Å². The minimum atomic E-state index is -4.49. The van der Waals surface area contributed by atoms with Gasteiger partial charge >= 0.3 is 6.18 Å². The molecule has 9 heteroatoms. The van der Waals surface area contributed by atoms with Gasteiger partial charge in [-0.25, -0.2) is 4.99 Å². The van der Waals surface area contributed by atoms with Crippen molar-refractivity contribution in [3.8, 4) is 0 Å². The number of aryl methyl sites for hydroxylation is 1. The van der Waals surface area contributed by atoms with Crippen molar-refractivity contribution >= 4 is 29.9 Å². The minimum Gasteiger partial charge on any atom is -0.370 e. The van der Waals surface area contributed by atoms with Gasteiger partial charge in [-0.15, -0.1) is 24.0 Å². The molecule has 140 valence electrons. The molecule has 0 aliphatic carbocycles. The maximum Gasteiger partial charge on any atom is 0.435 e. The van der Waals surface area contributed by atoms with Crippen LogP contribution in [0.25, 0.3) is 0 Å². The molecule has 0 aliphatic heterocycles. The number of halogens is 4. The van der Waals surface area contributed by atoms with Crippen molar-refractivity contribution in [3.05, 3.63) is 17.5 Å². The van der Waals surface area contributed by atoms with Crippen LogP contribution in [-0.2, 0) is 19.8 Å². The number of hydrogen-bond acceptors (Lipinski definition) is 2. The quantitative estimate of drug-likeness (QED) is 0.370. The van der Waals surface area contributed by atoms with Gasteiger partial charge in [0.2, 0.25) is 0 Å². The van der Waals surface area contributed by atoms with E-state index in [4.69, 9.17) is 5.73 Å². The van der Waals surface area contributed by atoms with Gasteiger partial charge in [-0.3, -0.25) is 4.68 Å². The Kier molecular flexibility index (Phi) is 9.68. The van der Waals surface area contributed by atoms with Crippen LogP contribution in [-0.4, -0.2) is 21.8 Å². The van der Waals surface area contributed by atoms with E-state index in [1.165, 1.54) is 13.2 Å². The zero-order chi connectivity index (χ0) is 17.6. The third kappa shape index (κ3) is 8.20. The molecule has 0 fully saturated rings. The number of nitrogens with zero attached hydrogens (tertiary/aromatic N) is 3. The number of rotatable bonds is 7. The predicted molar refractivity (Wildman–Crippen MR) is 100 cm³/mol. The topological polar surface area (TPSA) is 68.2 Å². The SMILES string of the molecule is CC(C)CCCC(C)NC(N)=NCc1cn(C)nc1C(F)(F)F.I. The van der Waals surface area contributed by atoms with Crippen LogP contribution in [0.15, 0.2) is 11.2 Å². The first-order valence-corrected chi connectivity index (χ1v) is 7.75. The summed E-state index contributed by atoms with van der Waals surface area (Å²) in [4.78, 5) is 4.00. The van der Waals surface area contributed by atoms with Crippen LogP contribution in [0.3, 0.4) is 0 Å². The molecule has 1 unspecified atom stereocenters. The Morgan fingerprint density at radius 1 is 1.33 bits per heavy atom. The number of guanidine groups is 1. The lowest BCUT2D eigenvalue weighted by Gasteiger charge is -2.15. The summed E-state index contributed by atoms with van der Waals surface area (Å²) < 4.78 is 39.6. The van der Waals surface area contributed by atoms with E-state index < -0.39 is 11.9 Å². The number of nitrogens with one attached hydrogen (secondary N) is 1. The average molecular weight is 461 g/mol. The fourth-order valence-corrected chi connectivity index (χ4v) is 2.26. The summed E-state index contributed by atoms with van der Waals surface area (Å²) in [6.07, 6.45) is -0.0349. The van der Waals surface area contributed by atoms with E-state index in [2.05, 4.69) is 29.3 Å². The minimum absolute atomic E-state index is 0. The normalized spacial score (nSPS) is 13.8. The molecule has 0 radical (unpaired) electrons.